The molecule has 0 aromatic rings. The van der Waals surface area contributed by atoms with Gasteiger partial charge in [0.1, 0.15) is 0 Å². The fraction of sp³-hybridized carbons (Fsp3) is 0. The molecule has 0 aromatic heterocycles. The van der Waals surface area contributed by atoms with Gasteiger partial charge >= 0.3 is 35.7 Å². The monoisotopic (exact) mass is 112 g/mol. The normalized spacial score (nSPS) is 5.71. The molecule has 0 aliphatic heterocycles. The van der Waals surface area contributed by atoms with Crippen molar-refractivity contribution in [3.8, 4) is 0 Å². The van der Waals surface area contributed by atoms with Gasteiger partial charge in [0.15, 0.2) is 0 Å². The van der Waals surface area contributed by atoms with Crippen molar-refractivity contribution in [2.45, 2.75) is 0 Å². The Bertz CT molecular complexity index is 70.6. The van der Waals surface area contributed by atoms with Crippen molar-refractivity contribution < 1.29 is 14.6 Å². The van der Waals surface area contributed by atoms with Crippen molar-refractivity contribution in [2.24, 2.45) is 0 Å². The van der Waals surface area contributed by atoms with E-state index in [1.807, 2.05) is 0 Å². The standard InChI is InChI=1S/C3H4O3.Na.H/c1-2-6-3(4)5;;/h2H,1H2,(H,4,5);;. The molecule has 0 heterocycles. The van der Waals surface area contributed by atoms with Crippen LogP contribution in [0.5, 0.6) is 0 Å². The summed E-state index contributed by atoms with van der Waals surface area (Å²) in [6, 6.07) is 0. The SMILES string of the molecule is C=COC(=O)O.[NaH]. The molecular formula is C3H5NaO3. The summed E-state index contributed by atoms with van der Waals surface area (Å²) < 4.78 is 3.72. The Balaban J connectivity index is 0. The van der Waals surface area contributed by atoms with Gasteiger partial charge in [0.05, 0.1) is 6.26 Å². The predicted molar refractivity (Wildman–Crippen MR) is 26.5 cm³/mol. The number of hydrogen-bond acceptors (Lipinski definition) is 2. The third kappa shape index (κ3) is 10.7. The molecule has 0 spiro atoms. The molecule has 0 aromatic carbocycles. The summed E-state index contributed by atoms with van der Waals surface area (Å²) in [7, 11) is 0. The second kappa shape index (κ2) is 6.01. The van der Waals surface area contributed by atoms with Crippen LogP contribution in [-0.4, -0.2) is 40.8 Å². The fourth-order valence-electron chi connectivity index (χ4n) is 0.0713. The number of ether oxygens (including phenoxy) is 1. The molecule has 0 aliphatic rings. The Labute approximate surface area is 63.3 Å². The van der Waals surface area contributed by atoms with E-state index in [1.54, 1.807) is 0 Å². The van der Waals surface area contributed by atoms with Crippen LogP contribution in [0.1, 0.15) is 0 Å². The summed E-state index contributed by atoms with van der Waals surface area (Å²) in [5, 5.41) is 7.62. The second-order valence-corrected chi connectivity index (χ2v) is 0.550. The Morgan fingerprint density at radius 3 is 2.29 bits per heavy atom. The quantitative estimate of drug-likeness (QED) is 0.299. The van der Waals surface area contributed by atoms with E-state index in [0.29, 0.717) is 0 Å². The maximum absolute atomic E-state index is 9.31. The van der Waals surface area contributed by atoms with Crippen molar-refractivity contribution in [1.29, 1.82) is 0 Å². The van der Waals surface area contributed by atoms with Crippen LogP contribution >= 0.6 is 0 Å². The van der Waals surface area contributed by atoms with E-state index in [-0.39, 0.29) is 29.6 Å². The van der Waals surface area contributed by atoms with Crippen molar-refractivity contribution in [1.82, 2.24) is 0 Å². The van der Waals surface area contributed by atoms with E-state index in [1.165, 1.54) is 0 Å². The van der Waals surface area contributed by atoms with Crippen molar-refractivity contribution in [3.05, 3.63) is 12.8 Å². The molecule has 3 nitrogen and oxygen atoms in total. The summed E-state index contributed by atoms with van der Waals surface area (Å²) >= 11 is 0. The third-order valence-electron chi connectivity index (χ3n) is 0.184. The van der Waals surface area contributed by atoms with Gasteiger partial charge < -0.3 is 9.84 Å². The fourth-order valence-corrected chi connectivity index (χ4v) is 0.0713. The first kappa shape index (κ1) is 10.1. The topological polar surface area (TPSA) is 46.5 Å². The first-order valence-corrected chi connectivity index (χ1v) is 1.28. The molecule has 0 bridgehead atoms. The Morgan fingerprint density at radius 1 is 1.86 bits per heavy atom. The molecule has 0 aliphatic carbocycles. The van der Waals surface area contributed by atoms with Crippen LogP contribution < -0.4 is 0 Å². The van der Waals surface area contributed by atoms with Gasteiger partial charge in [-0.3, -0.25) is 0 Å². The van der Waals surface area contributed by atoms with Crippen LogP contribution in [0.15, 0.2) is 12.8 Å². The van der Waals surface area contributed by atoms with Gasteiger partial charge in [-0.05, 0) is 0 Å². The van der Waals surface area contributed by atoms with E-state index in [9.17, 15) is 4.79 Å². The van der Waals surface area contributed by atoms with E-state index in [2.05, 4.69) is 11.3 Å². The van der Waals surface area contributed by atoms with Gasteiger partial charge in [0.2, 0.25) is 0 Å². The second-order valence-electron chi connectivity index (χ2n) is 0.550. The van der Waals surface area contributed by atoms with E-state index < -0.39 is 6.16 Å². The Morgan fingerprint density at radius 2 is 2.29 bits per heavy atom. The number of rotatable bonds is 1. The van der Waals surface area contributed by atoms with E-state index in [0.717, 1.165) is 6.26 Å². The average molecular weight is 112 g/mol. The molecule has 0 radical (unpaired) electrons. The molecule has 0 unspecified atom stereocenters. The summed E-state index contributed by atoms with van der Waals surface area (Å²) in [5.41, 5.74) is 0. The molecule has 4 heteroatoms. The first-order chi connectivity index (χ1) is 2.77. The Hall–Kier alpha value is 0.0100. The molecule has 36 valence electrons. The molecule has 0 amide bonds. The molecule has 0 fully saturated rings. The van der Waals surface area contributed by atoms with Gasteiger partial charge in [-0.25, -0.2) is 4.79 Å². The molecule has 0 rings (SSSR count). The van der Waals surface area contributed by atoms with Crippen LogP contribution in [0.25, 0.3) is 0 Å². The minimum absolute atomic E-state index is 0. The van der Waals surface area contributed by atoms with Crippen LogP contribution in [0.3, 0.4) is 0 Å². The van der Waals surface area contributed by atoms with E-state index in [4.69, 9.17) is 5.11 Å². The van der Waals surface area contributed by atoms with Crippen LogP contribution in [0, 0.1) is 0 Å². The summed E-state index contributed by atoms with van der Waals surface area (Å²) in [6.45, 7) is 3.00. The van der Waals surface area contributed by atoms with Gasteiger partial charge in [0, 0.05) is 0 Å². The molecule has 1 N–H and O–H groups in total. The van der Waals surface area contributed by atoms with Crippen molar-refractivity contribution in [2.75, 3.05) is 0 Å². The van der Waals surface area contributed by atoms with Gasteiger partial charge in [-0.15, -0.1) is 0 Å². The summed E-state index contributed by atoms with van der Waals surface area (Å²) in [6.07, 6.45) is -0.479. The summed E-state index contributed by atoms with van der Waals surface area (Å²) in [4.78, 5) is 9.31. The van der Waals surface area contributed by atoms with Gasteiger partial charge in [0.25, 0.3) is 0 Å². The molecule has 7 heavy (non-hydrogen) atoms. The molecular weight excluding hydrogens is 107 g/mol. The predicted octanol–water partition coefficient (Wildman–Crippen LogP) is 0.176. The minimum atomic E-state index is -1.33. The third-order valence-corrected chi connectivity index (χ3v) is 0.184. The number of carboxylic acid groups (broad SMARTS) is 1. The van der Waals surface area contributed by atoms with Gasteiger partial charge in [-0.2, -0.15) is 0 Å². The first-order valence-electron chi connectivity index (χ1n) is 1.28. The molecule has 0 atom stereocenters. The zero-order valence-electron chi connectivity index (χ0n) is 3.05. The van der Waals surface area contributed by atoms with Crippen molar-refractivity contribution >= 4 is 35.7 Å². The van der Waals surface area contributed by atoms with Crippen LogP contribution in [-0.2, 0) is 4.74 Å². The zero-order chi connectivity index (χ0) is 4.99. The Kier molecular flexibility index (Phi) is 8.66. The zero-order valence-corrected chi connectivity index (χ0v) is 3.05. The summed E-state index contributed by atoms with van der Waals surface area (Å²) in [5.74, 6) is 0. The van der Waals surface area contributed by atoms with Crippen molar-refractivity contribution in [3.63, 3.8) is 0 Å². The number of carbonyl (C=O) groups is 1. The van der Waals surface area contributed by atoms with Gasteiger partial charge in [-0.1, -0.05) is 6.58 Å². The molecule has 0 saturated carbocycles. The molecule has 0 saturated heterocycles. The average Bonchev–Trinajstić information content (AvgIpc) is 1.35. The number of hydrogen-bond donors (Lipinski definition) is 1. The van der Waals surface area contributed by atoms with E-state index >= 15 is 0 Å². The van der Waals surface area contributed by atoms with Crippen LogP contribution in [0.2, 0.25) is 0 Å². The maximum atomic E-state index is 9.31. The van der Waals surface area contributed by atoms with Crippen LogP contribution in [0.4, 0.5) is 4.79 Å².